The average Bonchev–Trinajstić information content (AvgIpc) is 2.85. The number of hydrogen-bond acceptors (Lipinski definition) is 6. The van der Waals surface area contributed by atoms with Crippen LogP contribution in [0.3, 0.4) is 0 Å². The van der Waals surface area contributed by atoms with Crippen molar-refractivity contribution in [3.8, 4) is 11.3 Å². The van der Waals surface area contributed by atoms with Crippen molar-refractivity contribution >= 4 is 46.1 Å². The van der Waals surface area contributed by atoms with E-state index in [0.717, 1.165) is 68.9 Å². The molecule has 8 heteroatoms. The molecule has 6 nitrogen and oxygen atoms in total. The van der Waals surface area contributed by atoms with Gasteiger partial charge in [-0.2, -0.15) is 0 Å². The van der Waals surface area contributed by atoms with Crippen molar-refractivity contribution in [2.75, 3.05) is 24.2 Å². The first-order valence-electron chi connectivity index (χ1n) is 9.87. The molecule has 0 fully saturated rings. The fourth-order valence-corrected chi connectivity index (χ4v) is 4.02. The molecule has 0 unspecified atom stereocenters. The third-order valence-electron chi connectivity index (χ3n) is 5.06. The number of hydrogen-bond donors (Lipinski definition) is 3. The lowest BCUT2D eigenvalue weighted by atomic mass is 10.00. The van der Waals surface area contributed by atoms with Gasteiger partial charge in [-0.15, -0.1) is 0 Å². The number of anilines is 3. The van der Waals surface area contributed by atoms with Crippen molar-refractivity contribution in [1.82, 2.24) is 20.3 Å². The van der Waals surface area contributed by atoms with E-state index in [1.165, 1.54) is 0 Å². The van der Waals surface area contributed by atoms with Crippen molar-refractivity contribution in [2.45, 2.75) is 26.2 Å². The van der Waals surface area contributed by atoms with Gasteiger partial charge in [-0.25, -0.2) is 9.97 Å². The fraction of sp³-hybridized carbons (Fsp3) is 0.273. The Morgan fingerprint density at radius 2 is 2.13 bits per heavy atom. The lowest BCUT2D eigenvalue weighted by Gasteiger charge is -2.14. The van der Waals surface area contributed by atoms with E-state index >= 15 is 0 Å². The van der Waals surface area contributed by atoms with E-state index in [4.69, 9.17) is 28.8 Å². The number of pyridine rings is 1. The Labute approximate surface area is 186 Å². The molecule has 0 radical (unpaired) electrons. The molecular weight excluding hydrogens is 416 g/mol. The van der Waals surface area contributed by atoms with Crippen molar-refractivity contribution < 1.29 is 0 Å². The van der Waals surface area contributed by atoms with E-state index in [2.05, 4.69) is 32.0 Å². The van der Waals surface area contributed by atoms with Crippen molar-refractivity contribution in [3.05, 3.63) is 58.5 Å². The third-order valence-corrected chi connectivity index (χ3v) is 5.66. The number of nitrogens with zero attached hydrogens (tertiary/aromatic N) is 3. The Balaban J connectivity index is 1.76. The Hall–Kier alpha value is -2.61. The first-order chi connectivity index (χ1) is 14.5. The fourth-order valence-electron chi connectivity index (χ4n) is 3.50. The van der Waals surface area contributed by atoms with Gasteiger partial charge in [0, 0.05) is 40.7 Å². The van der Waals surface area contributed by atoms with Gasteiger partial charge in [-0.3, -0.25) is 4.98 Å². The second-order valence-corrected chi connectivity index (χ2v) is 8.15. The third kappa shape index (κ3) is 4.43. The number of aryl methyl sites for hydroxylation is 2. The molecule has 154 valence electrons. The van der Waals surface area contributed by atoms with Crippen LogP contribution in [-0.4, -0.2) is 33.5 Å². The number of aromatic nitrogens is 3. The van der Waals surface area contributed by atoms with Crippen LogP contribution in [-0.2, 0) is 12.8 Å². The number of halogens is 1. The SMILES string of the molecule is CNCCCc1cc2c(cc1Cl)NC(=S)Cc1cnc(Nc3cccnc3C)nc1-2. The minimum absolute atomic E-state index is 0.523. The molecule has 3 N–H and O–H groups in total. The number of benzene rings is 1. The van der Waals surface area contributed by atoms with Gasteiger partial charge in [-0.05, 0) is 63.2 Å². The molecular formula is C22H23ClN6S. The molecule has 1 aliphatic rings. The standard InChI is InChI=1S/C22H23ClN6S/c1-13-18(6-4-8-25-13)28-22-26-12-15-10-20(30)27-19-11-17(23)14(5-3-7-24-2)9-16(19)21(15)29-22/h4,6,8-9,11-12,24H,3,5,7,10H2,1-2H3,(H,27,30)(H,26,28,29). The highest BCUT2D eigenvalue weighted by atomic mass is 35.5. The summed E-state index contributed by atoms with van der Waals surface area (Å²) in [7, 11) is 1.95. The molecule has 4 rings (SSSR count). The minimum atomic E-state index is 0.523. The zero-order chi connectivity index (χ0) is 21.1. The van der Waals surface area contributed by atoms with Crippen LogP contribution in [0.1, 0.15) is 23.2 Å². The van der Waals surface area contributed by atoms with E-state index in [1.54, 1.807) is 6.20 Å². The smallest absolute Gasteiger partial charge is 0.227 e. The lowest BCUT2D eigenvalue weighted by Crippen LogP contribution is -2.11. The largest absolute Gasteiger partial charge is 0.349 e. The van der Waals surface area contributed by atoms with Crippen LogP contribution in [0.2, 0.25) is 5.02 Å². The summed E-state index contributed by atoms with van der Waals surface area (Å²) in [5.74, 6) is 0.523. The number of fused-ring (bicyclic) bond motifs is 3. The maximum Gasteiger partial charge on any atom is 0.227 e. The number of rotatable bonds is 6. The van der Waals surface area contributed by atoms with E-state index in [9.17, 15) is 0 Å². The first-order valence-corrected chi connectivity index (χ1v) is 10.7. The summed E-state index contributed by atoms with van der Waals surface area (Å²) in [6.45, 7) is 2.88. The second-order valence-electron chi connectivity index (χ2n) is 7.25. The van der Waals surface area contributed by atoms with Crippen LogP contribution >= 0.6 is 23.8 Å². The summed E-state index contributed by atoms with van der Waals surface area (Å²) >= 11 is 12.1. The number of nitrogens with one attached hydrogen (secondary N) is 3. The summed E-state index contributed by atoms with van der Waals surface area (Å²) in [4.78, 5) is 14.4. The van der Waals surface area contributed by atoms with Gasteiger partial charge in [0.25, 0.3) is 0 Å². The summed E-state index contributed by atoms with van der Waals surface area (Å²) in [6, 6.07) is 7.92. The normalized spacial score (nSPS) is 12.6. The second kappa shape index (κ2) is 9.04. The van der Waals surface area contributed by atoms with Crippen LogP contribution in [0.15, 0.2) is 36.7 Å². The molecule has 0 bridgehead atoms. The highest BCUT2D eigenvalue weighted by molar-refractivity contribution is 7.80. The lowest BCUT2D eigenvalue weighted by molar-refractivity contribution is 0.725. The van der Waals surface area contributed by atoms with Crippen LogP contribution in [0, 0.1) is 6.92 Å². The molecule has 0 spiro atoms. The average molecular weight is 439 g/mol. The van der Waals surface area contributed by atoms with E-state index in [-0.39, 0.29) is 0 Å². The van der Waals surface area contributed by atoms with Gasteiger partial charge < -0.3 is 16.0 Å². The molecule has 30 heavy (non-hydrogen) atoms. The van der Waals surface area contributed by atoms with Crippen LogP contribution < -0.4 is 16.0 Å². The minimum Gasteiger partial charge on any atom is -0.349 e. The van der Waals surface area contributed by atoms with Crippen molar-refractivity contribution in [3.63, 3.8) is 0 Å². The summed E-state index contributed by atoms with van der Waals surface area (Å²) < 4.78 is 0. The summed E-state index contributed by atoms with van der Waals surface area (Å²) in [5.41, 5.74) is 6.58. The zero-order valence-corrected chi connectivity index (χ0v) is 18.5. The molecule has 0 atom stereocenters. The van der Waals surface area contributed by atoms with Gasteiger partial charge >= 0.3 is 0 Å². The van der Waals surface area contributed by atoms with E-state index in [0.29, 0.717) is 12.4 Å². The predicted octanol–water partition coefficient (Wildman–Crippen LogP) is 4.69. The Kier molecular flexibility index (Phi) is 6.22. The highest BCUT2D eigenvalue weighted by Crippen LogP contribution is 2.37. The van der Waals surface area contributed by atoms with Gasteiger partial charge in [-0.1, -0.05) is 23.8 Å². The quantitative estimate of drug-likeness (QED) is 0.380. The summed E-state index contributed by atoms with van der Waals surface area (Å²) in [5, 5.41) is 10.5. The van der Waals surface area contributed by atoms with Gasteiger partial charge in [0.15, 0.2) is 0 Å². The molecule has 0 amide bonds. The van der Waals surface area contributed by atoms with E-state index < -0.39 is 0 Å². The van der Waals surface area contributed by atoms with Gasteiger partial charge in [0.2, 0.25) is 5.95 Å². The highest BCUT2D eigenvalue weighted by Gasteiger charge is 2.21. The van der Waals surface area contributed by atoms with Crippen LogP contribution in [0.5, 0.6) is 0 Å². The first kappa shape index (κ1) is 20.7. The van der Waals surface area contributed by atoms with Crippen molar-refractivity contribution in [2.24, 2.45) is 0 Å². The van der Waals surface area contributed by atoms with Crippen LogP contribution in [0.4, 0.5) is 17.3 Å². The maximum absolute atomic E-state index is 6.57. The molecule has 0 aliphatic carbocycles. The molecule has 1 aromatic carbocycles. The molecule has 3 heterocycles. The van der Waals surface area contributed by atoms with Crippen LogP contribution in [0.25, 0.3) is 11.3 Å². The maximum atomic E-state index is 6.57. The monoisotopic (exact) mass is 438 g/mol. The topological polar surface area (TPSA) is 74.8 Å². The Morgan fingerprint density at radius 3 is 2.93 bits per heavy atom. The molecule has 3 aromatic rings. The molecule has 2 aromatic heterocycles. The molecule has 1 aliphatic heterocycles. The number of thiocarbonyl (C=S) groups is 1. The van der Waals surface area contributed by atoms with E-state index in [1.807, 2.05) is 38.4 Å². The zero-order valence-electron chi connectivity index (χ0n) is 16.9. The molecule has 0 saturated heterocycles. The predicted molar refractivity (Wildman–Crippen MR) is 127 cm³/mol. The Morgan fingerprint density at radius 1 is 1.27 bits per heavy atom. The molecule has 0 saturated carbocycles. The van der Waals surface area contributed by atoms with Gasteiger partial charge in [0.1, 0.15) is 0 Å². The Bertz CT molecular complexity index is 1100. The summed E-state index contributed by atoms with van der Waals surface area (Å²) in [6.07, 6.45) is 6.08. The van der Waals surface area contributed by atoms with Crippen molar-refractivity contribution in [1.29, 1.82) is 0 Å². The van der Waals surface area contributed by atoms with Gasteiger partial charge in [0.05, 0.1) is 22.1 Å².